The maximum Gasteiger partial charge on any atom is 0.168 e. The summed E-state index contributed by atoms with van der Waals surface area (Å²) < 4.78 is 19.6. The molecule has 0 amide bonds. The van der Waals surface area contributed by atoms with Crippen LogP contribution in [-0.2, 0) is 4.79 Å². The fourth-order valence-electron chi connectivity index (χ4n) is 2.01. The highest BCUT2D eigenvalue weighted by molar-refractivity contribution is 6.36. The lowest BCUT2D eigenvalue weighted by molar-refractivity contribution is -0.102. The fraction of sp³-hybridized carbons (Fsp3) is 0.133. The molecule has 1 atom stereocenters. The monoisotopic (exact) mass is 355 g/mol. The van der Waals surface area contributed by atoms with Crippen molar-refractivity contribution in [3.05, 3.63) is 51.5 Å². The van der Waals surface area contributed by atoms with Crippen LogP contribution in [-0.4, -0.2) is 17.0 Å². The molecule has 8 heteroatoms. The van der Waals surface area contributed by atoms with Gasteiger partial charge in [-0.25, -0.2) is 4.39 Å². The van der Waals surface area contributed by atoms with Crippen molar-refractivity contribution in [3.63, 3.8) is 0 Å². The van der Waals surface area contributed by atoms with E-state index in [1.54, 1.807) is 6.92 Å². The van der Waals surface area contributed by atoms with Crippen molar-refractivity contribution < 1.29 is 13.9 Å². The van der Waals surface area contributed by atoms with Crippen LogP contribution >= 0.6 is 23.2 Å². The quantitative estimate of drug-likeness (QED) is 0.484. The molecular weight excluding hydrogens is 344 g/mol. The van der Waals surface area contributed by atoms with Crippen LogP contribution in [0.2, 0.25) is 10.0 Å². The number of benzene rings is 1. The number of nitrogens with two attached hydrogens (primary N) is 1. The molecule has 1 aromatic carbocycles. The molecule has 3 N–H and O–H groups in total. The van der Waals surface area contributed by atoms with Gasteiger partial charge in [-0.05, 0) is 13.0 Å². The van der Waals surface area contributed by atoms with E-state index in [0.717, 1.165) is 6.07 Å². The van der Waals surface area contributed by atoms with E-state index >= 15 is 0 Å². The first-order valence-electron chi connectivity index (χ1n) is 6.43. The predicted octanol–water partition coefficient (Wildman–Crippen LogP) is 3.82. The van der Waals surface area contributed by atoms with Gasteiger partial charge in [0.15, 0.2) is 17.9 Å². The number of ether oxygens (including phenoxy) is 1. The Kier molecular flexibility index (Phi) is 5.18. The van der Waals surface area contributed by atoms with Gasteiger partial charge in [-0.2, -0.15) is 0 Å². The van der Waals surface area contributed by atoms with Gasteiger partial charge in [0.2, 0.25) is 0 Å². The Balaban J connectivity index is 2.40. The second kappa shape index (κ2) is 6.93. The van der Waals surface area contributed by atoms with Gasteiger partial charge in [0.25, 0.3) is 0 Å². The van der Waals surface area contributed by atoms with Crippen molar-refractivity contribution in [2.24, 2.45) is 0 Å². The number of aromatic nitrogens is 1. The molecule has 0 bridgehead atoms. The van der Waals surface area contributed by atoms with Gasteiger partial charge in [-0.3, -0.25) is 15.2 Å². The number of aldehydes is 1. The first-order chi connectivity index (χ1) is 10.8. The van der Waals surface area contributed by atoms with E-state index in [9.17, 15) is 9.18 Å². The van der Waals surface area contributed by atoms with Crippen LogP contribution in [0.4, 0.5) is 10.1 Å². The van der Waals surface area contributed by atoms with Gasteiger partial charge in [0, 0.05) is 35.3 Å². The highest BCUT2D eigenvalue weighted by Gasteiger charge is 2.19. The number of halogens is 3. The fourth-order valence-corrected chi connectivity index (χ4v) is 2.69. The van der Waals surface area contributed by atoms with E-state index in [-0.39, 0.29) is 32.8 Å². The summed E-state index contributed by atoms with van der Waals surface area (Å²) in [6.07, 6.45) is 2.42. The Morgan fingerprint density at radius 3 is 2.57 bits per heavy atom. The molecule has 23 heavy (non-hydrogen) atoms. The van der Waals surface area contributed by atoms with E-state index in [4.69, 9.17) is 39.1 Å². The molecule has 2 rings (SSSR count). The Hall–Kier alpha value is -2.18. The van der Waals surface area contributed by atoms with Crippen LogP contribution in [0.25, 0.3) is 0 Å². The van der Waals surface area contributed by atoms with Gasteiger partial charge < -0.3 is 10.5 Å². The van der Waals surface area contributed by atoms with Gasteiger partial charge in [-0.1, -0.05) is 23.2 Å². The third-order valence-corrected chi connectivity index (χ3v) is 3.72. The number of hydrogen-bond donors (Lipinski definition) is 2. The van der Waals surface area contributed by atoms with Crippen LogP contribution in [0.5, 0.6) is 5.75 Å². The second-order valence-corrected chi connectivity index (χ2v) is 5.49. The highest BCUT2D eigenvalue weighted by Crippen LogP contribution is 2.34. The summed E-state index contributed by atoms with van der Waals surface area (Å²) in [5.41, 5.74) is 5.74. The summed E-state index contributed by atoms with van der Waals surface area (Å²) in [6, 6.07) is 2.19. The molecule has 0 aliphatic heterocycles. The largest absolute Gasteiger partial charge is 0.483 e. The lowest BCUT2D eigenvalue weighted by Crippen LogP contribution is -2.10. The molecule has 5 nitrogen and oxygen atoms in total. The van der Waals surface area contributed by atoms with E-state index < -0.39 is 11.9 Å². The molecule has 1 unspecified atom stereocenters. The molecular formula is C15H12Cl2FN3O2. The van der Waals surface area contributed by atoms with Gasteiger partial charge in [0.05, 0.1) is 10.0 Å². The standard InChI is InChI=1S/C15H12Cl2FN3O2/c1-7(15-9(16)4-21-5-10(15)17)23-14-2-8(13(20)6-22)12(19)3-11(14)18/h2-7,20H,19H2,1H3. The number of rotatable bonds is 5. The summed E-state index contributed by atoms with van der Waals surface area (Å²) in [5.74, 6) is -0.893. The van der Waals surface area contributed by atoms with Crippen molar-refractivity contribution in [3.8, 4) is 5.75 Å². The van der Waals surface area contributed by atoms with E-state index in [1.165, 1.54) is 18.5 Å². The summed E-state index contributed by atoms with van der Waals surface area (Å²) in [5, 5.41) is 8.08. The zero-order chi connectivity index (χ0) is 17.1. The van der Waals surface area contributed by atoms with Crippen molar-refractivity contribution in [1.29, 1.82) is 5.41 Å². The number of nitrogens with zero attached hydrogens (tertiary/aromatic N) is 1. The van der Waals surface area contributed by atoms with Crippen molar-refractivity contribution >= 4 is 40.9 Å². The van der Waals surface area contributed by atoms with Crippen molar-refractivity contribution in [2.75, 3.05) is 5.73 Å². The smallest absolute Gasteiger partial charge is 0.168 e. The summed E-state index contributed by atoms with van der Waals surface area (Å²) in [6.45, 7) is 1.63. The average molecular weight is 356 g/mol. The lowest BCUT2D eigenvalue weighted by atomic mass is 10.1. The topological polar surface area (TPSA) is 89.1 Å². The molecule has 2 aromatic rings. The number of carbonyl (C=O) groups excluding carboxylic acids is 1. The third kappa shape index (κ3) is 3.60. The Morgan fingerprint density at radius 2 is 2.00 bits per heavy atom. The zero-order valence-electron chi connectivity index (χ0n) is 11.9. The van der Waals surface area contributed by atoms with Crippen molar-refractivity contribution in [1.82, 2.24) is 4.98 Å². The molecule has 0 saturated carbocycles. The zero-order valence-corrected chi connectivity index (χ0v) is 13.5. The van der Waals surface area contributed by atoms with E-state index in [0.29, 0.717) is 11.8 Å². The van der Waals surface area contributed by atoms with Crippen LogP contribution < -0.4 is 10.5 Å². The lowest BCUT2D eigenvalue weighted by Gasteiger charge is -2.18. The average Bonchev–Trinajstić information content (AvgIpc) is 2.49. The summed E-state index contributed by atoms with van der Waals surface area (Å²) >= 11 is 12.1. The molecule has 0 spiro atoms. The number of anilines is 1. The minimum absolute atomic E-state index is 0.0282. The molecule has 0 fully saturated rings. The van der Waals surface area contributed by atoms with Crippen LogP contribution in [0.3, 0.4) is 0 Å². The summed E-state index contributed by atoms with van der Waals surface area (Å²) in [7, 11) is 0. The van der Waals surface area contributed by atoms with Crippen LogP contribution in [0.15, 0.2) is 24.5 Å². The number of carbonyl (C=O) groups is 1. The van der Waals surface area contributed by atoms with Gasteiger partial charge in [-0.15, -0.1) is 0 Å². The minimum atomic E-state index is -0.724. The molecule has 0 aliphatic carbocycles. The number of pyridine rings is 1. The normalized spacial score (nSPS) is 11.8. The highest BCUT2D eigenvalue weighted by atomic mass is 35.5. The molecule has 0 radical (unpaired) electrons. The Labute approximate surface area is 141 Å². The first kappa shape index (κ1) is 17.2. The van der Waals surface area contributed by atoms with E-state index in [1.807, 2.05) is 0 Å². The summed E-state index contributed by atoms with van der Waals surface area (Å²) in [4.78, 5) is 14.6. The minimum Gasteiger partial charge on any atom is -0.483 e. The maximum atomic E-state index is 14.0. The first-order valence-corrected chi connectivity index (χ1v) is 7.19. The van der Waals surface area contributed by atoms with Crippen molar-refractivity contribution in [2.45, 2.75) is 13.0 Å². The SMILES string of the molecule is CC(Oc1cc(C(=N)C=O)c(N)cc1F)c1c(Cl)cncc1Cl. The molecule has 0 saturated heterocycles. The number of nitrogen functional groups attached to an aromatic ring is 1. The Bertz CT molecular complexity index is 763. The van der Waals surface area contributed by atoms with E-state index in [2.05, 4.69) is 4.98 Å². The van der Waals surface area contributed by atoms with Gasteiger partial charge in [0.1, 0.15) is 11.8 Å². The third-order valence-electron chi connectivity index (χ3n) is 3.11. The van der Waals surface area contributed by atoms with Crippen LogP contribution in [0, 0.1) is 11.2 Å². The molecule has 0 aliphatic rings. The molecule has 1 heterocycles. The maximum absolute atomic E-state index is 14.0. The molecule has 120 valence electrons. The predicted molar refractivity (Wildman–Crippen MR) is 87.0 cm³/mol. The number of hydrogen-bond acceptors (Lipinski definition) is 5. The van der Waals surface area contributed by atoms with Gasteiger partial charge >= 0.3 is 0 Å². The molecule has 1 aromatic heterocycles. The second-order valence-electron chi connectivity index (χ2n) is 4.68. The Morgan fingerprint density at radius 1 is 1.39 bits per heavy atom. The van der Waals surface area contributed by atoms with Crippen LogP contribution in [0.1, 0.15) is 24.2 Å². The number of nitrogens with one attached hydrogen (secondary N) is 1.